The van der Waals surface area contributed by atoms with E-state index in [-0.39, 0.29) is 24.3 Å². The number of hydrogen-bond donors (Lipinski definition) is 2. The first kappa shape index (κ1) is 12.8. The van der Waals surface area contributed by atoms with Crippen LogP contribution in [0, 0.1) is 5.92 Å². The van der Waals surface area contributed by atoms with Crippen LogP contribution in [0.15, 0.2) is 0 Å². The molecule has 98 valence electrons. The zero-order chi connectivity index (χ0) is 12.5. The van der Waals surface area contributed by atoms with Crippen molar-refractivity contribution in [1.29, 1.82) is 0 Å². The standard InChI is InChI=1S/C10H17NO5S/c12-9(13)4-6-17(14,15)11-8-3-5-16-10(8)7-1-2-7/h7-8,10-11H,1-6H2,(H,12,13). The minimum atomic E-state index is -3.51. The first-order valence-electron chi connectivity index (χ1n) is 5.81. The van der Waals surface area contributed by atoms with Gasteiger partial charge in [-0.05, 0) is 25.2 Å². The molecule has 0 aromatic heterocycles. The molecule has 7 heteroatoms. The Labute approximate surface area is 100 Å². The van der Waals surface area contributed by atoms with Gasteiger partial charge < -0.3 is 9.84 Å². The molecule has 1 heterocycles. The fraction of sp³-hybridized carbons (Fsp3) is 0.900. The second-order valence-electron chi connectivity index (χ2n) is 4.65. The molecular formula is C10H17NO5S. The molecule has 1 saturated carbocycles. The Balaban J connectivity index is 1.88. The van der Waals surface area contributed by atoms with Crippen molar-refractivity contribution in [2.45, 2.75) is 37.8 Å². The molecule has 2 atom stereocenters. The lowest BCUT2D eigenvalue weighted by Crippen LogP contribution is -2.42. The molecule has 2 N–H and O–H groups in total. The van der Waals surface area contributed by atoms with Crippen LogP contribution in [-0.2, 0) is 19.6 Å². The summed E-state index contributed by atoms with van der Waals surface area (Å²) in [6, 6.07) is -0.179. The van der Waals surface area contributed by atoms with Gasteiger partial charge in [-0.2, -0.15) is 0 Å². The summed E-state index contributed by atoms with van der Waals surface area (Å²) in [4.78, 5) is 10.3. The third-order valence-electron chi connectivity index (χ3n) is 3.14. The highest BCUT2D eigenvalue weighted by molar-refractivity contribution is 7.89. The van der Waals surface area contributed by atoms with E-state index in [4.69, 9.17) is 9.84 Å². The Morgan fingerprint density at radius 3 is 2.65 bits per heavy atom. The third kappa shape index (κ3) is 3.65. The van der Waals surface area contributed by atoms with E-state index < -0.39 is 16.0 Å². The van der Waals surface area contributed by atoms with Gasteiger partial charge >= 0.3 is 5.97 Å². The summed E-state index contributed by atoms with van der Waals surface area (Å²) >= 11 is 0. The molecule has 0 bridgehead atoms. The highest BCUT2D eigenvalue weighted by atomic mass is 32.2. The number of aliphatic carboxylic acids is 1. The van der Waals surface area contributed by atoms with Gasteiger partial charge in [-0.3, -0.25) is 4.79 Å². The lowest BCUT2D eigenvalue weighted by molar-refractivity contribution is -0.136. The normalized spacial score (nSPS) is 29.4. The predicted molar refractivity (Wildman–Crippen MR) is 60.0 cm³/mol. The molecule has 1 aliphatic heterocycles. The van der Waals surface area contributed by atoms with Crippen molar-refractivity contribution >= 4 is 16.0 Å². The smallest absolute Gasteiger partial charge is 0.304 e. The zero-order valence-electron chi connectivity index (χ0n) is 9.46. The Kier molecular flexibility index (Phi) is 3.70. The zero-order valence-corrected chi connectivity index (χ0v) is 10.3. The highest BCUT2D eigenvalue weighted by Gasteiger charge is 2.41. The van der Waals surface area contributed by atoms with Crippen molar-refractivity contribution in [2.24, 2.45) is 5.92 Å². The Morgan fingerprint density at radius 1 is 1.35 bits per heavy atom. The van der Waals surface area contributed by atoms with Crippen molar-refractivity contribution in [3.63, 3.8) is 0 Å². The molecule has 0 aromatic rings. The lowest BCUT2D eigenvalue weighted by Gasteiger charge is -2.19. The molecule has 0 aromatic carbocycles. The lowest BCUT2D eigenvalue weighted by atomic mass is 10.1. The number of rotatable bonds is 6. The van der Waals surface area contributed by atoms with E-state index in [0.29, 0.717) is 18.9 Å². The van der Waals surface area contributed by atoms with Crippen LogP contribution >= 0.6 is 0 Å². The van der Waals surface area contributed by atoms with Gasteiger partial charge in [0.15, 0.2) is 0 Å². The van der Waals surface area contributed by atoms with Crippen molar-refractivity contribution < 1.29 is 23.1 Å². The first-order valence-corrected chi connectivity index (χ1v) is 7.46. The number of carbonyl (C=O) groups is 1. The molecule has 2 unspecified atom stereocenters. The molecule has 2 rings (SSSR count). The van der Waals surface area contributed by atoms with Gasteiger partial charge in [0.1, 0.15) is 0 Å². The summed E-state index contributed by atoms with van der Waals surface area (Å²) in [7, 11) is -3.51. The van der Waals surface area contributed by atoms with E-state index in [2.05, 4.69) is 4.72 Å². The summed E-state index contributed by atoms with van der Waals surface area (Å²) in [5.74, 6) is -0.989. The molecule has 6 nitrogen and oxygen atoms in total. The van der Waals surface area contributed by atoms with Crippen LogP contribution in [0.2, 0.25) is 0 Å². The molecular weight excluding hydrogens is 246 g/mol. The molecule has 1 saturated heterocycles. The minimum Gasteiger partial charge on any atom is -0.481 e. The fourth-order valence-electron chi connectivity index (χ4n) is 2.14. The molecule has 2 aliphatic rings. The average Bonchev–Trinajstić information content (AvgIpc) is 2.98. The summed E-state index contributed by atoms with van der Waals surface area (Å²) in [5, 5.41) is 8.47. The van der Waals surface area contributed by atoms with Gasteiger partial charge in [-0.1, -0.05) is 0 Å². The van der Waals surface area contributed by atoms with Crippen molar-refractivity contribution in [1.82, 2.24) is 4.72 Å². The van der Waals surface area contributed by atoms with Gasteiger partial charge in [0.05, 0.1) is 24.3 Å². The average molecular weight is 263 g/mol. The van der Waals surface area contributed by atoms with E-state index in [1.807, 2.05) is 0 Å². The largest absolute Gasteiger partial charge is 0.481 e. The van der Waals surface area contributed by atoms with E-state index in [0.717, 1.165) is 12.8 Å². The van der Waals surface area contributed by atoms with Crippen LogP contribution in [0.25, 0.3) is 0 Å². The van der Waals surface area contributed by atoms with Crippen molar-refractivity contribution in [3.05, 3.63) is 0 Å². The van der Waals surface area contributed by atoms with E-state index in [1.165, 1.54) is 0 Å². The number of carboxylic acids is 1. The molecule has 0 amide bonds. The number of carboxylic acid groups (broad SMARTS) is 1. The predicted octanol–water partition coefficient (Wildman–Crippen LogP) is -0.0520. The minimum absolute atomic E-state index is 0.0189. The second-order valence-corrected chi connectivity index (χ2v) is 6.52. The number of sulfonamides is 1. The Hall–Kier alpha value is -0.660. The van der Waals surface area contributed by atoms with Crippen LogP contribution in [-0.4, -0.2) is 44.0 Å². The maximum Gasteiger partial charge on any atom is 0.304 e. The van der Waals surface area contributed by atoms with Crippen LogP contribution in [0.4, 0.5) is 0 Å². The van der Waals surface area contributed by atoms with Gasteiger partial charge in [-0.25, -0.2) is 13.1 Å². The summed E-state index contributed by atoms with van der Waals surface area (Å²) in [6.45, 7) is 0.577. The van der Waals surface area contributed by atoms with E-state index in [1.54, 1.807) is 0 Å². The monoisotopic (exact) mass is 263 g/mol. The van der Waals surface area contributed by atoms with Gasteiger partial charge in [0.25, 0.3) is 0 Å². The molecule has 1 aliphatic carbocycles. The van der Waals surface area contributed by atoms with Crippen LogP contribution in [0.1, 0.15) is 25.7 Å². The highest BCUT2D eigenvalue weighted by Crippen LogP contribution is 2.38. The topological polar surface area (TPSA) is 92.7 Å². The molecule has 17 heavy (non-hydrogen) atoms. The van der Waals surface area contributed by atoms with Gasteiger partial charge in [0, 0.05) is 6.61 Å². The van der Waals surface area contributed by atoms with E-state index in [9.17, 15) is 13.2 Å². The SMILES string of the molecule is O=C(O)CCS(=O)(=O)NC1CCOC1C1CC1. The fourth-order valence-corrected chi connectivity index (χ4v) is 3.41. The summed E-state index contributed by atoms with van der Waals surface area (Å²) < 4.78 is 31.4. The van der Waals surface area contributed by atoms with Crippen LogP contribution < -0.4 is 4.72 Å². The second kappa shape index (κ2) is 4.91. The summed E-state index contributed by atoms with van der Waals surface area (Å²) in [5.41, 5.74) is 0. The van der Waals surface area contributed by atoms with Crippen LogP contribution in [0.5, 0.6) is 0 Å². The first-order chi connectivity index (χ1) is 7.98. The number of hydrogen-bond acceptors (Lipinski definition) is 4. The van der Waals surface area contributed by atoms with Crippen molar-refractivity contribution in [2.75, 3.05) is 12.4 Å². The van der Waals surface area contributed by atoms with E-state index >= 15 is 0 Å². The van der Waals surface area contributed by atoms with Crippen LogP contribution in [0.3, 0.4) is 0 Å². The van der Waals surface area contributed by atoms with Gasteiger partial charge in [0.2, 0.25) is 10.0 Å². The maximum atomic E-state index is 11.6. The van der Waals surface area contributed by atoms with Gasteiger partial charge in [-0.15, -0.1) is 0 Å². The molecule has 0 radical (unpaired) electrons. The quantitative estimate of drug-likeness (QED) is 0.700. The Bertz CT molecular complexity index is 390. The number of ether oxygens (including phenoxy) is 1. The Morgan fingerprint density at radius 2 is 2.06 bits per heavy atom. The van der Waals surface area contributed by atoms with Crippen molar-refractivity contribution in [3.8, 4) is 0 Å². The third-order valence-corrected chi connectivity index (χ3v) is 4.54. The number of nitrogens with one attached hydrogen (secondary N) is 1. The maximum absolute atomic E-state index is 11.6. The molecule has 2 fully saturated rings. The molecule has 0 spiro atoms. The summed E-state index contributed by atoms with van der Waals surface area (Å²) in [6.07, 6.45) is 2.48.